The molecule has 1 rings (SSSR count). The Kier molecular flexibility index (Phi) is 4.44. The molecule has 2 nitrogen and oxygen atoms in total. The number of Topliss-reactive ketones (excluding diaryl/α,β-unsaturated/α-hetero) is 1. The Morgan fingerprint density at radius 2 is 1.89 bits per heavy atom. The van der Waals surface area contributed by atoms with Gasteiger partial charge in [-0.25, -0.2) is 0 Å². The summed E-state index contributed by atoms with van der Waals surface area (Å²) in [6.45, 7) is 9.96. The zero-order valence-corrected chi connectivity index (χ0v) is 12.7. The van der Waals surface area contributed by atoms with Crippen molar-refractivity contribution in [1.29, 1.82) is 0 Å². The summed E-state index contributed by atoms with van der Waals surface area (Å²) in [6.07, 6.45) is 0. The minimum Gasteiger partial charge on any atom is -0.496 e. The van der Waals surface area contributed by atoms with Crippen LogP contribution in [0.4, 0.5) is 0 Å². The lowest BCUT2D eigenvalue weighted by molar-refractivity contribution is 0.0988. The van der Waals surface area contributed by atoms with Crippen LogP contribution in [0, 0.1) is 6.92 Å². The van der Waals surface area contributed by atoms with Gasteiger partial charge in [0.25, 0.3) is 0 Å². The molecule has 0 saturated carbocycles. The summed E-state index contributed by atoms with van der Waals surface area (Å²) >= 11 is 5.91. The molecule has 0 spiro atoms. The number of aryl methyl sites for hydroxylation is 1. The fraction of sp³-hybridized carbons (Fsp3) is 0.533. The average molecular weight is 269 g/mol. The second-order valence-electron chi connectivity index (χ2n) is 5.62. The third-order valence-electron chi connectivity index (χ3n) is 2.87. The molecule has 0 N–H and O–H groups in total. The van der Waals surface area contributed by atoms with Gasteiger partial charge in [-0.05, 0) is 30.9 Å². The Morgan fingerprint density at radius 3 is 2.28 bits per heavy atom. The van der Waals surface area contributed by atoms with E-state index in [2.05, 4.69) is 26.8 Å². The third-order valence-corrected chi connectivity index (χ3v) is 3.07. The van der Waals surface area contributed by atoms with Crippen LogP contribution < -0.4 is 4.74 Å². The number of halogens is 1. The van der Waals surface area contributed by atoms with E-state index in [1.54, 1.807) is 14.0 Å². The Labute approximate surface area is 114 Å². The molecule has 18 heavy (non-hydrogen) atoms. The molecule has 1 atom stereocenters. The molecule has 0 aliphatic carbocycles. The van der Waals surface area contributed by atoms with Gasteiger partial charge in [-0.3, -0.25) is 4.79 Å². The molecular formula is C15H21ClO2. The van der Waals surface area contributed by atoms with Crippen LogP contribution in [0.2, 0.25) is 0 Å². The van der Waals surface area contributed by atoms with Crippen molar-refractivity contribution in [2.45, 2.75) is 45.4 Å². The van der Waals surface area contributed by atoms with Crippen LogP contribution in [0.3, 0.4) is 0 Å². The van der Waals surface area contributed by atoms with Crippen LogP contribution in [0.5, 0.6) is 5.75 Å². The smallest absolute Gasteiger partial charge is 0.184 e. The molecule has 3 heteroatoms. The molecule has 0 radical (unpaired) electrons. The number of methoxy groups -OCH3 is 1. The maximum Gasteiger partial charge on any atom is 0.184 e. The van der Waals surface area contributed by atoms with Crippen molar-refractivity contribution in [3.05, 3.63) is 28.8 Å². The number of rotatable bonds is 3. The minimum atomic E-state index is -0.548. The van der Waals surface area contributed by atoms with E-state index in [1.807, 2.05) is 13.0 Å². The Hall–Kier alpha value is -1.02. The van der Waals surface area contributed by atoms with E-state index in [9.17, 15) is 4.79 Å². The van der Waals surface area contributed by atoms with E-state index >= 15 is 0 Å². The lowest BCUT2D eigenvalue weighted by Gasteiger charge is -2.24. The lowest BCUT2D eigenvalue weighted by Crippen LogP contribution is -2.18. The van der Waals surface area contributed by atoms with E-state index in [1.165, 1.54) is 0 Å². The van der Waals surface area contributed by atoms with Gasteiger partial charge in [0.15, 0.2) is 5.78 Å². The molecule has 1 aromatic rings. The summed E-state index contributed by atoms with van der Waals surface area (Å²) in [5.41, 5.74) is 2.57. The van der Waals surface area contributed by atoms with Crippen LogP contribution >= 0.6 is 11.6 Å². The van der Waals surface area contributed by atoms with Crippen molar-refractivity contribution < 1.29 is 9.53 Å². The average Bonchev–Trinajstić information content (AvgIpc) is 2.25. The van der Waals surface area contributed by atoms with Crippen molar-refractivity contribution in [3.63, 3.8) is 0 Å². The summed E-state index contributed by atoms with van der Waals surface area (Å²) in [5.74, 6) is 0.549. The predicted molar refractivity (Wildman–Crippen MR) is 76.1 cm³/mol. The zero-order chi connectivity index (χ0) is 14.1. The van der Waals surface area contributed by atoms with Crippen molar-refractivity contribution >= 4 is 17.4 Å². The van der Waals surface area contributed by atoms with Gasteiger partial charge in [-0.2, -0.15) is 0 Å². The highest BCUT2D eigenvalue weighted by molar-refractivity contribution is 6.34. The topological polar surface area (TPSA) is 26.3 Å². The van der Waals surface area contributed by atoms with Crippen molar-refractivity contribution in [2.24, 2.45) is 0 Å². The highest BCUT2D eigenvalue weighted by Crippen LogP contribution is 2.36. The second-order valence-corrected chi connectivity index (χ2v) is 6.28. The number of carbonyl (C=O) groups excluding carboxylic acids is 1. The van der Waals surface area contributed by atoms with Crippen molar-refractivity contribution in [3.8, 4) is 5.75 Å². The number of ketones is 1. The molecular weight excluding hydrogens is 248 g/mol. The summed E-state index contributed by atoms with van der Waals surface area (Å²) in [6, 6.07) is 3.91. The fourth-order valence-electron chi connectivity index (χ4n) is 1.95. The van der Waals surface area contributed by atoms with E-state index < -0.39 is 5.38 Å². The number of hydrogen-bond acceptors (Lipinski definition) is 2. The van der Waals surface area contributed by atoms with E-state index in [0.29, 0.717) is 11.3 Å². The van der Waals surface area contributed by atoms with E-state index in [-0.39, 0.29) is 11.2 Å². The van der Waals surface area contributed by atoms with Gasteiger partial charge in [-0.1, -0.05) is 26.8 Å². The third kappa shape index (κ3) is 3.05. The molecule has 0 aliphatic heterocycles. The molecule has 0 bridgehead atoms. The van der Waals surface area contributed by atoms with Crippen LogP contribution in [0.15, 0.2) is 12.1 Å². The van der Waals surface area contributed by atoms with Gasteiger partial charge in [0.05, 0.1) is 18.1 Å². The van der Waals surface area contributed by atoms with Gasteiger partial charge >= 0.3 is 0 Å². The van der Waals surface area contributed by atoms with Crippen molar-refractivity contribution in [2.75, 3.05) is 7.11 Å². The first kappa shape index (κ1) is 15.0. The second kappa shape index (κ2) is 5.31. The van der Waals surface area contributed by atoms with Crippen LogP contribution in [0.25, 0.3) is 0 Å². The molecule has 0 aromatic heterocycles. The largest absolute Gasteiger partial charge is 0.496 e. The van der Waals surface area contributed by atoms with Crippen LogP contribution in [-0.2, 0) is 5.41 Å². The molecule has 1 aromatic carbocycles. The molecule has 0 heterocycles. The molecule has 0 saturated heterocycles. The van der Waals surface area contributed by atoms with Crippen molar-refractivity contribution in [1.82, 2.24) is 0 Å². The summed E-state index contributed by atoms with van der Waals surface area (Å²) in [7, 11) is 1.59. The number of alkyl halides is 1. The Morgan fingerprint density at radius 1 is 1.33 bits per heavy atom. The first-order valence-electron chi connectivity index (χ1n) is 6.06. The lowest BCUT2D eigenvalue weighted by atomic mass is 9.83. The highest BCUT2D eigenvalue weighted by atomic mass is 35.5. The summed E-state index contributed by atoms with van der Waals surface area (Å²) < 4.78 is 5.45. The molecule has 0 aliphatic rings. The van der Waals surface area contributed by atoms with Gasteiger partial charge < -0.3 is 4.74 Å². The SMILES string of the molecule is COc1c(C(=O)C(C)Cl)cc(C)cc1C(C)(C)C. The quantitative estimate of drug-likeness (QED) is 0.609. The van der Waals surface area contributed by atoms with Crippen LogP contribution in [0.1, 0.15) is 49.2 Å². The molecule has 0 fully saturated rings. The summed E-state index contributed by atoms with van der Waals surface area (Å²) in [5, 5.41) is -0.548. The number of carbonyl (C=O) groups is 1. The Balaban J connectivity index is 3.53. The predicted octanol–water partition coefficient (Wildman–Crippen LogP) is 4.11. The number of hydrogen-bond donors (Lipinski definition) is 0. The van der Waals surface area contributed by atoms with Gasteiger partial charge in [-0.15, -0.1) is 11.6 Å². The van der Waals surface area contributed by atoms with E-state index in [0.717, 1.165) is 11.1 Å². The molecule has 1 unspecified atom stereocenters. The van der Waals surface area contributed by atoms with Gasteiger partial charge in [0.2, 0.25) is 0 Å². The highest BCUT2D eigenvalue weighted by Gasteiger charge is 2.25. The monoisotopic (exact) mass is 268 g/mol. The van der Waals surface area contributed by atoms with E-state index in [4.69, 9.17) is 16.3 Å². The fourth-order valence-corrected chi connectivity index (χ4v) is 2.07. The number of ether oxygens (including phenoxy) is 1. The normalized spacial score (nSPS) is 13.3. The Bertz CT molecular complexity index is 456. The van der Waals surface area contributed by atoms with Gasteiger partial charge in [0, 0.05) is 5.56 Å². The van der Waals surface area contributed by atoms with Crippen LogP contribution in [-0.4, -0.2) is 18.3 Å². The number of benzene rings is 1. The molecule has 100 valence electrons. The zero-order valence-electron chi connectivity index (χ0n) is 11.9. The van der Waals surface area contributed by atoms with Gasteiger partial charge in [0.1, 0.15) is 5.75 Å². The summed E-state index contributed by atoms with van der Waals surface area (Å²) in [4.78, 5) is 12.1. The maximum atomic E-state index is 12.1. The first-order chi connectivity index (χ1) is 8.18. The molecule has 0 amide bonds. The first-order valence-corrected chi connectivity index (χ1v) is 6.49. The minimum absolute atomic E-state index is 0.0814. The standard InChI is InChI=1S/C15H21ClO2/c1-9-7-11(13(17)10(2)16)14(18-6)12(8-9)15(3,4)5/h7-8,10H,1-6H3. The maximum absolute atomic E-state index is 12.1.